The Morgan fingerprint density at radius 2 is 2.00 bits per heavy atom. The molecule has 1 fully saturated rings. The molecular weight excluding hydrogens is 504 g/mol. The van der Waals surface area contributed by atoms with Gasteiger partial charge in [-0.25, -0.2) is 4.98 Å². The third-order valence-corrected chi connectivity index (χ3v) is 6.91. The minimum absolute atomic E-state index is 0.138. The van der Waals surface area contributed by atoms with E-state index in [-0.39, 0.29) is 29.6 Å². The lowest BCUT2D eigenvalue weighted by Gasteiger charge is -2.32. The molecule has 0 saturated carbocycles. The van der Waals surface area contributed by atoms with Gasteiger partial charge >= 0.3 is 0 Å². The number of nitrogens with one attached hydrogen (secondary N) is 3. The number of nitrogens with two attached hydrogens (primary N) is 1. The first-order valence-corrected chi connectivity index (χ1v) is 13.4. The number of anilines is 4. The Labute approximate surface area is 235 Å². The van der Waals surface area contributed by atoms with Gasteiger partial charge in [0, 0.05) is 29.7 Å². The average Bonchev–Trinajstić information content (AvgIpc) is 2.92. The lowest BCUT2D eigenvalue weighted by molar-refractivity contribution is -0.128. The topological polar surface area (TPSA) is 133 Å². The molecule has 208 valence electrons. The number of hydrogen-bond acceptors (Lipinski definition) is 7. The number of nitrogen functional groups attached to an aromatic ring is 1. The maximum atomic E-state index is 13.0. The summed E-state index contributed by atoms with van der Waals surface area (Å²) in [6.07, 6.45) is 3.96. The molecule has 9 nitrogen and oxygen atoms in total. The predicted octanol–water partition coefficient (Wildman–Crippen LogP) is 5.61. The van der Waals surface area contributed by atoms with E-state index < -0.39 is 0 Å². The second-order valence-corrected chi connectivity index (χ2v) is 10.2. The summed E-state index contributed by atoms with van der Waals surface area (Å²) in [5.74, 6) is 0.0147. The van der Waals surface area contributed by atoms with Crippen molar-refractivity contribution in [2.45, 2.75) is 45.6 Å². The molecule has 1 aliphatic heterocycles. The number of piperidine rings is 1. The maximum absolute atomic E-state index is 13.0. The van der Waals surface area contributed by atoms with Crippen molar-refractivity contribution in [3.63, 3.8) is 0 Å². The van der Waals surface area contributed by atoms with Crippen LogP contribution in [0.1, 0.15) is 59.7 Å². The highest BCUT2D eigenvalue weighted by Crippen LogP contribution is 2.28. The summed E-state index contributed by atoms with van der Waals surface area (Å²) in [6.45, 7) is 10.9. The Morgan fingerprint density at radius 1 is 1.20 bits per heavy atom. The summed E-state index contributed by atoms with van der Waals surface area (Å²) in [5.41, 5.74) is 11.2. The Bertz CT molecular complexity index is 1430. The molecule has 1 unspecified atom stereocenters. The summed E-state index contributed by atoms with van der Waals surface area (Å²) in [4.78, 5) is 30.9. The highest BCUT2D eigenvalue weighted by Gasteiger charge is 2.26. The summed E-state index contributed by atoms with van der Waals surface area (Å²) in [5, 5.41) is 14.9. The van der Waals surface area contributed by atoms with Crippen LogP contribution in [0.5, 0.6) is 0 Å². The molecule has 40 heavy (non-hydrogen) atoms. The van der Waals surface area contributed by atoms with Gasteiger partial charge in [-0.3, -0.25) is 15.0 Å². The first kappa shape index (κ1) is 28.4. The lowest BCUT2D eigenvalue weighted by Crippen LogP contribution is -2.43. The van der Waals surface area contributed by atoms with Gasteiger partial charge in [0.2, 0.25) is 11.8 Å². The fourth-order valence-electron chi connectivity index (χ4n) is 4.91. The summed E-state index contributed by atoms with van der Waals surface area (Å²) >= 11 is 0. The van der Waals surface area contributed by atoms with Crippen LogP contribution in [0.3, 0.4) is 0 Å². The number of carbonyl (C=O) groups excluding carboxylic acids is 2. The maximum Gasteiger partial charge on any atom is 0.255 e. The van der Waals surface area contributed by atoms with Crippen LogP contribution in [0, 0.1) is 12.3 Å². The Balaban J connectivity index is 1.48. The van der Waals surface area contributed by atoms with Crippen molar-refractivity contribution >= 4 is 40.6 Å². The molecule has 3 aromatic rings. The van der Waals surface area contributed by atoms with Gasteiger partial charge in [-0.15, -0.1) is 0 Å². The van der Waals surface area contributed by atoms with E-state index in [1.54, 1.807) is 35.4 Å². The standard InChI is InChI=1S/C31H36N6O3/c1-5-27(38)37-15-7-10-24(18-37)40-30(33)28-26(13-14-34-29(28)32)35-22-9-6-8-21(17-22)31(39)36-23-11-12-25(19(2)3)20(4)16-23/h5-6,8-9,11-14,16-17,19,24,33H,1,7,10,15,18H2,2-4H3,(H,36,39)(H3,32,34,35). The van der Waals surface area contributed by atoms with Gasteiger partial charge in [0.05, 0.1) is 12.2 Å². The number of pyridine rings is 1. The van der Waals surface area contributed by atoms with E-state index in [4.69, 9.17) is 15.9 Å². The van der Waals surface area contributed by atoms with Crippen LogP contribution in [0.4, 0.5) is 22.9 Å². The molecule has 1 saturated heterocycles. The zero-order valence-corrected chi connectivity index (χ0v) is 23.2. The number of likely N-dealkylation sites (tertiary alicyclic amines) is 1. The molecule has 0 spiro atoms. The molecule has 2 amide bonds. The molecule has 1 aliphatic rings. The molecule has 5 N–H and O–H groups in total. The molecule has 0 radical (unpaired) electrons. The smallest absolute Gasteiger partial charge is 0.255 e. The monoisotopic (exact) mass is 540 g/mol. The first-order chi connectivity index (χ1) is 19.2. The van der Waals surface area contributed by atoms with Crippen LogP contribution in [-0.4, -0.2) is 46.8 Å². The molecule has 1 atom stereocenters. The molecule has 9 heteroatoms. The third-order valence-electron chi connectivity index (χ3n) is 6.91. The molecule has 0 aliphatic carbocycles. The summed E-state index contributed by atoms with van der Waals surface area (Å²) in [7, 11) is 0. The van der Waals surface area contributed by atoms with Gasteiger partial charge in [0.25, 0.3) is 5.91 Å². The number of nitrogens with zero attached hydrogens (tertiary/aromatic N) is 2. The largest absolute Gasteiger partial charge is 0.472 e. The van der Waals surface area contributed by atoms with Gasteiger partial charge in [0.1, 0.15) is 17.5 Å². The van der Waals surface area contributed by atoms with E-state index in [2.05, 4.69) is 36.0 Å². The number of aromatic nitrogens is 1. The molecule has 2 heterocycles. The van der Waals surface area contributed by atoms with E-state index in [0.717, 1.165) is 17.7 Å². The van der Waals surface area contributed by atoms with Crippen LogP contribution >= 0.6 is 0 Å². The van der Waals surface area contributed by atoms with Crippen molar-refractivity contribution in [3.8, 4) is 0 Å². The Kier molecular flexibility index (Phi) is 8.83. The summed E-state index contributed by atoms with van der Waals surface area (Å²) in [6, 6.07) is 14.7. The van der Waals surface area contributed by atoms with Gasteiger partial charge in [-0.05, 0) is 79.3 Å². The van der Waals surface area contributed by atoms with E-state index in [1.807, 2.05) is 31.2 Å². The van der Waals surface area contributed by atoms with Gasteiger partial charge in [-0.2, -0.15) is 0 Å². The predicted molar refractivity (Wildman–Crippen MR) is 159 cm³/mol. The highest BCUT2D eigenvalue weighted by molar-refractivity contribution is 6.05. The zero-order chi connectivity index (χ0) is 28.8. The SMILES string of the molecule is C=CC(=O)N1CCCC(OC(=N)c2c(Nc3cccc(C(=O)Nc4ccc(C(C)C)c(C)c4)c3)ccnc2N)C1. The number of carbonyl (C=O) groups is 2. The van der Waals surface area contributed by atoms with Crippen molar-refractivity contribution in [1.29, 1.82) is 5.41 Å². The second-order valence-electron chi connectivity index (χ2n) is 10.2. The van der Waals surface area contributed by atoms with Crippen molar-refractivity contribution < 1.29 is 14.3 Å². The van der Waals surface area contributed by atoms with Crippen LogP contribution in [0.15, 0.2) is 67.4 Å². The average molecular weight is 541 g/mol. The van der Waals surface area contributed by atoms with Gasteiger partial charge in [0.15, 0.2) is 0 Å². The van der Waals surface area contributed by atoms with Crippen molar-refractivity contribution in [2.24, 2.45) is 0 Å². The minimum Gasteiger partial charge on any atom is -0.472 e. The fraction of sp³-hybridized carbons (Fsp3) is 0.290. The van der Waals surface area contributed by atoms with Crippen LogP contribution < -0.4 is 16.4 Å². The molecular formula is C31H36N6O3. The highest BCUT2D eigenvalue weighted by atomic mass is 16.5. The normalized spacial score (nSPS) is 14.9. The molecule has 4 rings (SSSR count). The Hall–Kier alpha value is -4.66. The number of amides is 2. The number of benzene rings is 2. The minimum atomic E-state index is -0.345. The number of hydrogen-bond donors (Lipinski definition) is 4. The number of aryl methyl sites for hydroxylation is 1. The second kappa shape index (κ2) is 12.5. The number of rotatable bonds is 8. The van der Waals surface area contributed by atoms with Crippen molar-refractivity contribution in [2.75, 3.05) is 29.5 Å². The van der Waals surface area contributed by atoms with Gasteiger partial charge < -0.3 is 26.0 Å². The summed E-state index contributed by atoms with van der Waals surface area (Å²) < 4.78 is 5.95. The molecule has 1 aromatic heterocycles. The van der Waals surface area contributed by atoms with Gasteiger partial charge in [-0.1, -0.05) is 32.6 Å². The number of ether oxygens (including phenoxy) is 1. The van der Waals surface area contributed by atoms with E-state index in [0.29, 0.717) is 47.9 Å². The zero-order valence-electron chi connectivity index (χ0n) is 23.2. The third kappa shape index (κ3) is 6.66. The van der Waals surface area contributed by atoms with E-state index in [9.17, 15) is 9.59 Å². The van der Waals surface area contributed by atoms with E-state index in [1.165, 1.54) is 11.6 Å². The van der Waals surface area contributed by atoms with Crippen LogP contribution in [0.2, 0.25) is 0 Å². The molecule has 0 bridgehead atoms. The first-order valence-electron chi connectivity index (χ1n) is 13.4. The van der Waals surface area contributed by atoms with Crippen LogP contribution in [-0.2, 0) is 9.53 Å². The van der Waals surface area contributed by atoms with Crippen molar-refractivity contribution in [1.82, 2.24) is 9.88 Å². The lowest BCUT2D eigenvalue weighted by atomic mass is 9.97. The van der Waals surface area contributed by atoms with E-state index >= 15 is 0 Å². The van der Waals surface area contributed by atoms with Crippen molar-refractivity contribution in [3.05, 3.63) is 89.6 Å². The quantitative estimate of drug-likeness (QED) is 0.167. The Morgan fingerprint density at radius 3 is 2.73 bits per heavy atom. The fourth-order valence-corrected chi connectivity index (χ4v) is 4.91. The molecule has 2 aromatic carbocycles. The van der Waals surface area contributed by atoms with Crippen LogP contribution in [0.25, 0.3) is 0 Å².